The van der Waals surface area contributed by atoms with Crippen LogP contribution in [-0.2, 0) is 11.2 Å². The second-order valence-electron chi connectivity index (χ2n) is 5.22. The van der Waals surface area contributed by atoms with Crippen LogP contribution in [0.2, 0.25) is 0 Å². The molecule has 112 valence electrons. The van der Waals surface area contributed by atoms with Crippen LogP contribution >= 0.6 is 11.3 Å². The zero-order valence-corrected chi connectivity index (χ0v) is 12.9. The summed E-state index contributed by atoms with van der Waals surface area (Å²) < 4.78 is 0. The maximum absolute atomic E-state index is 11.9. The first-order chi connectivity index (χ1) is 9.95. The van der Waals surface area contributed by atoms with Crippen molar-refractivity contribution in [3.05, 3.63) is 40.3 Å². The van der Waals surface area contributed by atoms with E-state index in [2.05, 4.69) is 10.3 Å². The van der Waals surface area contributed by atoms with Gasteiger partial charge in [-0.15, -0.1) is 11.3 Å². The van der Waals surface area contributed by atoms with Crippen molar-refractivity contribution in [2.45, 2.75) is 26.3 Å². The SMILES string of the molecule is CC(C)C(N)c1nc(CC(=O)Nc2ccc(O)cc2)cs1. The summed E-state index contributed by atoms with van der Waals surface area (Å²) in [6, 6.07) is 6.25. The predicted molar refractivity (Wildman–Crippen MR) is 84.3 cm³/mol. The standard InChI is InChI=1S/C15H19N3O2S/c1-9(2)14(16)15-18-11(8-21-15)7-13(20)17-10-3-5-12(19)6-4-10/h3-6,8-9,14,19H,7,16H2,1-2H3,(H,17,20). The van der Waals surface area contributed by atoms with E-state index < -0.39 is 0 Å². The lowest BCUT2D eigenvalue weighted by Crippen LogP contribution is -2.17. The molecule has 2 rings (SSSR count). The first-order valence-corrected chi connectivity index (χ1v) is 7.62. The third kappa shape index (κ3) is 4.27. The predicted octanol–water partition coefficient (Wildman–Crippen LogP) is 2.69. The van der Waals surface area contributed by atoms with Gasteiger partial charge in [-0.2, -0.15) is 0 Å². The van der Waals surface area contributed by atoms with Crippen molar-refractivity contribution in [1.82, 2.24) is 4.98 Å². The number of benzene rings is 1. The molecule has 1 amide bonds. The number of rotatable bonds is 5. The summed E-state index contributed by atoms with van der Waals surface area (Å²) in [7, 11) is 0. The number of carbonyl (C=O) groups excluding carboxylic acids is 1. The number of phenols is 1. The van der Waals surface area contributed by atoms with Crippen LogP contribution in [-0.4, -0.2) is 16.0 Å². The molecule has 1 aromatic heterocycles. The number of nitrogens with one attached hydrogen (secondary N) is 1. The van der Waals surface area contributed by atoms with E-state index in [1.165, 1.54) is 23.5 Å². The van der Waals surface area contributed by atoms with Crippen LogP contribution < -0.4 is 11.1 Å². The highest BCUT2D eigenvalue weighted by Gasteiger charge is 2.15. The van der Waals surface area contributed by atoms with Gasteiger partial charge in [-0.3, -0.25) is 4.79 Å². The minimum absolute atomic E-state index is 0.0936. The lowest BCUT2D eigenvalue weighted by Gasteiger charge is -2.11. The zero-order chi connectivity index (χ0) is 15.4. The Morgan fingerprint density at radius 2 is 2.05 bits per heavy atom. The first-order valence-electron chi connectivity index (χ1n) is 6.74. The number of nitrogens with two attached hydrogens (primary N) is 1. The van der Waals surface area contributed by atoms with Crippen LogP contribution in [0.4, 0.5) is 5.69 Å². The molecule has 21 heavy (non-hydrogen) atoms. The Kier molecular flexibility index (Phi) is 4.93. The van der Waals surface area contributed by atoms with E-state index >= 15 is 0 Å². The van der Waals surface area contributed by atoms with Crippen molar-refractivity contribution < 1.29 is 9.90 Å². The molecule has 5 nitrogen and oxygen atoms in total. The van der Waals surface area contributed by atoms with Crippen LogP contribution in [0.5, 0.6) is 5.75 Å². The molecule has 1 heterocycles. The van der Waals surface area contributed by atoms with Crippen LogP contribution in [0.15, 0.2) is 29.6 Å². The maximum atomic E-state index is 11.9. The molecule has 1 aromatic carbocycles. The van der Waals surface area contributed by atoms with Crippen molar-refractivity contribution in [3.8, 4) is 5.75 Å². The van der Waals surface area contributed by atoms with Gasteiger partial charge in [-0.25, -0.2) is 4.98 Å². The van der Waals surface area contributed by atoms with Crippen molar-refractivity contribution in [3.63, 3.8) is 0 Å². The number of aromatic nitrogens is 1. The van der Waals surface area contributed by atoms with Gasteiger partial charge in [0.1, 0.15) is 10.8 Å². The van der Waals surface area contributed by atoms with Crippen molar-refractivity contribution in [1.29, 1.82) is 0 Å². The molecule has 0 aliphatic rings. The highest BCUT2D eigenvalue weighted by Crippen LogP contribution is 2.23. The summed E-state index contributed by atoms with van der Waals surface area (Å²) in [6.45, 7) is 4.09. The van der Waals surface area contributed by atoms with Crippen molar-refractivity contribution in [2.24, 2.45) is 11.7 Å². The fourth-order valence-corrected chi connectivity index (χ4v) is 2.75. The monoisotopic (exact) mass is 305 g/mol. The number of anilines is 1. The summed E-state index contributed by atoms with van der Waals surface area (Å²) >= 11 is 1.49. The van der Waals surface area contributed by atoms with Crippen LogP contribution in [0.1, 0.15) is 30.6 Å². The molecule has 0 radical (unpaired) electrons. The Morgan fingerprint density at radius 3 is 2.67 bits per heavy atom. The van der Waals surface area contributed by atoms with Gasteiger partial charge in [0.15, 0.2) is 0 Å². The number of amides is 1. The number of nitrogens with zero attached hydrogens (tertiary/aromatic N) is 1. The van der Waals surface area contributed by atoms with E-state index in [1.807, 2.05) is 19.2 Å². The number of carbonyl (C=O) groups is 1. The van der Waals surface area contributed by atoms with E-state index in [-0.39, 0.29) is 24.1 Å². The molecule has 0 aliphatic carbocycles. The van der Waals surface area contributed by atoms with Gasteiger partial charge in [-0.1, -0.05) is 13.8 Å². The minimum atomic E-state index is -0.143. The molecule has 0 aliphatic heterocycles. The van der Waals surface area contributed by atoms with Gasteiger partial charge < -0.3 is 16.2 Å². The van der Waals surface area contributed by atoms with Crippen molar-refractivity contribution >= 4 is 22.9 Å². The molecule has 0 saturated heterocycles. The van der Waals surface area contributed by atoms with Crippen LogP contribution in [0, 0.1) is 5.92 Å². The number of thiazole rings is 1. The molecule has 6 heteroatoms. The molecule has 0 fully saturated rings. The molecular formula is C15H19N3O2S. The number of hydrogen-bond donors (Lipinski definition) is 3. The second kappa shape index (κ2) is 6.69. The normalized spacial score (nSPS) is 12.4. The minimum Gasteiger partial charge on any atom is -0.508 e. The third-order valence-electron chi connectivity index (χ3n) is 3.07. The van der Waals surface area contributed by atoms with Gasteiger partial charge in [0, 0.05) is 11.1 Å². The lowest BCUT2D eigenvalue weighted by atomic mass is 10.1. The fraction of sp³-hybridized carbons (Fsp3) is 0.333. The van der Waals surface area contributed by atoms with E-state index in [9.17, 15) is 9.90 Å². The van der Waals surface area contributed by atoms with Gasteiger partial charge in [0.2, 0.25) is 5.91 Å². The fourth-order valence-electron chi connectivity index (χ4n) is 1.76. The summed E-state index contributed by atoms with van der Waals surface area (Å²) in [5.41, 5.74) is 7.41. The van der Waals surface area contributed by atoms with Gasteiger partial charge in [-0.05, 0) is 30.2 Å². The first kappa shape index (κ1) is 15.5. The van der Waals surface area contributed by atoms with Gasteiger partial charge in [0.05, 0.1) is 18.2 Å². The summed E-state index contributed by atoms with van der Waals surface area (Å²) in [5, 5.41) is 14.7. The van der Waals surface area contributed by atoms with E-state index in [1.54, 1.807) is 12.1 Å². The Bertz CT molecular complexity index is 608. The molecule has 0 bridgehead atoms. The van der Waals surface area contributed by atoms with Crippen molar-refractivity contribution in [2.75, 3.05) is 5.32 Å². The van der Waals surface area contributed by atoms with Gasteiger partial charge >= 0.3 is 0 Å². The highest BCUT2D eigenvalue weighted by molar-refractivity contribution is 7.09. The summed E-state index contributed by atoms with van der Waals surface area (Å²) in [5.74, 6) is 0.338. The number of aromatic hydroxyl groups is 1. The van der Waals surface area contributed by atoms with Crippen LogP contribution in [0.3, 0.4) is 0 Å². The Hall–Kier alpha value is -1.92. The molecule has 4 N–H and O–H groups in total. The summed E-state index contributed by atoms with van der Waals surface area (Å²) in [4.78, 5) is 16.4. The van der Waals surface area contributed by atoms with E-state index in [4.69, 9.17) is 5.73 Å². The van der Waals surface area contributed by atoms with Gasteiger partial charge in [0.25, 0.3) is 0 Å². The zero-order valence-electron chi connectivity index (χ0n) is 12.0. The molecule has 0 spiro atoms. The summed E-state index contributed by atoms with van der Waals surface area (Å²) in [6.07, 6.45) is 0.211. The van der Waals surface area contributed by atoms with E-state index in [0.29, 0.717) is 11.6 Å². The molecule has 2 aromatic rings. The molecule has 1 atom stereocenters. The smallest absolute Gasteiger partial charge is 0.230 e. The second-order valence-corrected chi connectivity index (χ2v) is 6.11. The Balaban J connectivity index is 1.95. The highest BCUT2D eigenvalue weighted by atomic mass is 32.1. The molecule has 1 unspecified atom stereocenters. The molecule has 0 saturated carbocycles. The lowest BCUT2D eigenvalue weighted by molar-refractivity contribution is -0.115. The Morgan fingerprint density at radius 1 is 1.38 bits per heavy atom. The Labute approximate surface area is 127 Å². The average Bonchev–Trinajstić information content (AvgIpc) is 2.88. The van der Waals surface area contributed by atoms with Crippen LogP contribution in [0.25, 0.3) is 0 Å². The largest absolute Gasteiger partial charge is 0.508 e. The average molecular weight is 305 g/mol. The molecular weight excluding hydrogens is 286 g/mol. The van der Waals surface area contributed by atoms with E-state index in [0.717, 1.165) is 10.7 Å². The number of phenolic OH excluding ortho intramolecular Hbond substituents is 1. The third-order valence-corrected chi connectivity index (χ3v) is 4.06. The topological polar surface area (TPSA) is 88.2 Å². The maximum Gasteiger partial charge on any atom is 0.230 e. The quantitative estimate of drug-likeness (QED) is 0.741. The number of hydrogen-bond acceptors (Lipinski definition) is 5.